The van der Waals surface area contributed by atoms with Crippen LogP contribution in [-0.4, -0.2) is 42.9 Å². The van der Waals surface area contributed by atoms with Crippen LogP contribution in [0.15, 0.2) is 41.6 Å². The molecule has 1 saturated heterocycles. The molecule has 2 heterocycles. The molecule has 21 heavy (non-hydrogen) atoms. The molecule has 112 valence electrons. The van der Waals surface area contributed by atoms with E-state index in [9.17, 15) is 8.42 Å². The van der Waals surface area contributed by atoms with E-state index in [2.05, 4.69) is 10.3 Å². The first-order chi connectivity index (χ1) is 10.0. The summed E-state index contributed by atoms with van der Waals surface area (Å²) >= 11 is 0. The Hall–Kier alpha value is -1.50. The third-order valence-electron chi connectivity index (χ3n) is 4.20. The van der Waals surface area contributed by atoms with Gasteiger partial charge >= 0.3 is 0 Å². The molecular weight excluding hydrogens is 286 g/mol. The minimum absolute atomic E-state index is 0.0687. The lowest BCUT2D eigenvalue weighted by molar-refractivity contribution is 0.233. The maximum absolute atomic E-state index is 13.0. The summed E-state index contributed by atoms with van der Waals surface area (Å²) in [5.74, 6) is 0. The smallest absolute Gasteiger partial charge is 0.244 e. The lowest BCUT2D eigenvalue weighted by Crippen LogP contribution is -2.57. The van der Waals surface area contributed by atoms with Gasteiger partial charge in [0.05, 0.1) is 4.90 Å². The maximum atomic E-state index is 13.0. The van der Waals surface area contributed by atoms with E-state index in [0.717, 1.165) is 10.8 Å². The molecule has 1 N–H and O–H groups in total. The van der Waals surface area contributed by atoms with Crippen LogP contribution in [0.2, 0.25) is 0 Å². The van der Waals surface area contributed by atoms with Crippen molar-refractivity contribution in [2.75, 3.05) is 13.1 Å². The molecule has 0 saturated carbocycles. The fourth-order valence-electron chi connectivity index (χ4n) is 2.81. The van der Waals surface area contributed by atoms with Crippen molar-refractivity contribution in [1.29, 1.82) is 0 Å². The number of benzene rings is 1. The third-order valence-corrected chi connectivity index (χ3v) is 6.25. The molecule has 2 aromatic rings. The van der Waals surface area contributed by atoms with Crippen molar-refractivity contribution in [2.24, 2.45) is 0 Å². The fourth-order valence-corrected chi connectivity index (χ4v) is 4.73. The van der Waals surface area contributed by atoms with Crippen LogP contribution < -0.4 is 5.32 Å². The van der Waals surface area contributed by atoms with E-state index in [1.807, 2.05) is 19.9 Å². The average molecular weight is 305 g/mol. The van der Waals surface area contributed by atoms with Gasteiger partial charge in [0, 0.05) is 48.3 Å². The van der Waals surface area contributed by atoms with Gasteiger partial charge in [0.25, 0.3) is 0 Å². The number of fused-ring (bicyclic) bond motifs is 1. The van der Waals surface area contributed by atoms with Gasteiger partial charge in [-0.05, 0) is 26.0 Å². The number of piperazine rings is 1. The van der Waals surface area contributed by atoms with Crippen molar-refractivity contribution < 1.29 is 8.42 Å². The first-order valence-corrected chi connectivity index (χ1v) is 8.54. The Morgan fingerprint density at radius 1 is 1.29 bits per heavy atom. The summed E-state index contributed by atoms with van der Waals surface area (Å²) in [6, 6.07) is 7.17. The minimum atomic E-state index is -3.51. The Kier molecular flexibility index (Phi) is 3.69. The molecule has 3 rings (SSSR count). The maximum Gasteiger partial charge on any atom is 0.244 e. The molecule has 1 aliphatic rings. The van der Waals surface area contributed by atoms with Crippen LogP contribution in [0.5, 0.6) is 0 Å². The van der Waals surface area contributed by atoms with Crippen LogP contribution in [0.1, 0.15) is 13.8 Å². The quantitative estimate of drug-likeness (QED) is 0.915. The number of nitrogens with one attached hydrogen (secondary N) is 1. The van der Waals surface area contributed by atoms with Crippen LogP contribution in [0.4, 0.5) is 0 Å². The lowest BCUT2D eigenvalue weighted by atomic mass is 10.1. The molecule has 0 radical (unpaired) electrons. The predicted octanol–water partition coefficient (Wildman–Crippen LogP) is 1.61. The molecular formula is C15H19N3O2S. The van der Waals surface area contributed by atoms with Crippen molar-refractivity contribution in [3.8, 4) is 0 Å². The Morgan fingerprint density at radius 2 is 2.10 bits per heavy atom. The number of pyridine rings is 1. The summed E-state index contributed by atoms with van der Waals surface area (Å²) in [7, 11) is -3.51. The molecule has 2 atom stereocenters. The highest BCUT2D eigenvalue weighted by Gasteiger charge is 2.35. The molecule has 1 aromatic heterocycles. The Balaban J connectivity index is 2.12. The van der Waals surface area contributed by atoms with Gasteiger partial charge in [-0.2, -0.15) is 4.31 Å². The topological polar surface area (TPSA) is 62.3 Å². The van der Waals surface area contributed by atoms with E-state index in [0.29, 0.717) is 18.0 Å². The molecule has 0 bridgehead atoms. The Labute approximate surface area is 125 Å². The summed E-state index contributed by atoms with van der Waals surface area (Å²) < 4.78 is 27.7. The van der Waals surface area contributed by atoms with Crippen molar-refractivity contribution >= 4 is 20.8 Å². The van der Waals surface area contributed by atoms with Gasteiger partial charge in [-0.15, -0.1) is 0 Å². The first kappa shape index (κ1) is 14.4. The van der Waals surface area contributed by atoms with Crippen molar-refractivity contribution in [1.82, 2.24) is 14.6 Å². The standard InChI is InChI=1S/C15H19N3O2S/c1-11-12(2)18(9-8-17-11)21(19,20)15-5-3-4-13-10-16-7-6-14(13)15/h3-7,10-12,17H,8-9H2,1-2H3. The lowest BCUT2D eigenvalue weighted by Gasteiger charge is -2.37. The van der Waals surface area contributed by atoms with E-state index in [-0.39, 0.29) is 12.1 Å². The van der Waals surface area contributed by atoms with Crippen LogP contribution in [0, 0.1) is 0 Å². The number of nitrogens with zero attached hydrogens (tertiary/aromatic N) is 2. The highest BCUT2D eigenvalue weighted by Crippen LogP contribution is 2.27. The SMILES string of the molecule is CC1NCCN(S(=O)(=O)c2cccc3cnccc23)C1C. The minimum Gasteiger partial charge on any atom is -0.311 e. The summed E-state index contributed by atoms with van der Waals surface area (Å²) in [5.41, 5.74) is 0. The predicted molar refractivity (Wildman–Crippen MR) is 82.6 cm³/mol. The molecule has 0 spiro atoms. The summed E-state index contributed by atoms with van der Waals surface area (Å²) in [4.78, 5) is 4.42. The zero-order valence-corrected chi connectivity index (χ0v) is 13.0. The molecule has 6 heteroatoms. The summed E-state index contributed by atoms with van der Waals surface area (Å²) in [6.07, 6.45) is 3.32. The van der Waals surface area contributed by atoms with E-state index in [1.165, 1.54) is 0 Å². The van der Waals surface area contributed by atoms with Gasteiger partial charge in [-0.3, -0.25) is 4.98 Å². The van der Waals surface area contributed by atoms with Crippen molar-refractivity contribution in [3.63, 3.8) is 0 Å². The van der Waals surface area contributed by atoms with Crippen LogP contribution in [0.25, 0.3) is 10.8 Å². The monoisotopic (exact) mass is 305 g/mol. The Morgan fingerprint density at radius 3 is 2.90 bits per heavy atom. The number of aromatic nitrogens is 1. The van der Waals surface area contributed by atoms with Gasteiger partial charge in [0.15, 0.2) is 0 Å². The van der Waals surface area contributed by atoms with Gasteiger partial charge in [-0.1, -0.05) is 12.1 Å². The second kappa shape index (κ2) is 5.36. The largest absolute Gasteiger partial charge is 0.311 e. The normalized spacial score (nSPS) is 24.3. The highest BCUT2D eigenvalue weighted by atomic mass is 32.2. The molecule has 0 aliphatic carbocycles. The second-order valence-electron chi connectivity index (χ2n) is 5.45. The second-order valence-corrected chi connectivity index (χ2v) is 7.31. The van der Waals surface area contributed by atoms with Gasteiger partial charge in [0.1, 0.15) is 0 Å². The fraction of sp³-hybridized carbons (Fsp3) is 0.400. The van der Waals surface area contributed by atoms with Crippen LogP contribution in [0.3, 0.4) is 0 Å². The van der Waals surface area contributed by atoms with Gasteiger partial charge in [0.2, 0.25) is 10.0 Å². The number of sulfonamides is 1. The number of hydrogen-bond donors (Lipinski definition) is 1. The van der Waals surface area contributed by atoms with E-state index in [4.69, 9.17) is 0 Å². The van der Waals surface area contributed by atoms with Crippen LogP contribution in [-0.2, 0) is 10.0 Å². The van der Waals surface area contributed by atoms with Crippen molar-refractivity contribution in [3.05, 3.63) is 36.7 Å². The third kappa shape index (κ3) is 2.43. The zero-order valence-electron chi connectivity index (χ0n) is 12.2. The molecule has 2 unspecified atom stereocenters. The van der Waals surface area contributed by atoms with E-state index < -0.39 is 10.0 Å². The van der Waals surface area contributed by atoms with Gasteiger partial charge < -0.3 is 5.32 Å². The van der Waals surface area contributed by atoms with Crippen molar-refractivity contribution in [2.45, 2.75) is 30.8 Å². The summed E-state index contributed by atoms with van der Waals surface area (Å²) in [6.45, 7) is 5.13. The zero-order chi connectivity index (χ0) is 15.0. The number of rotatable bonds is 2. The van der Waals surface area contributed by atoms with Gasteiger partial charge in [-0.25, -0.2) is 8.42 Å². The molecule has 1 aromatic carbocycles. The molecule has 5 nitrogen and oxygen atoms in total. The van der Waals surface area contributed by atoms with E-state index >= 15 is 0 Å². The number of hydrogen-bond acceptors (Lipinski definition) is 4. The van der Waals surface area contributed by atoms with Crippen LogP contribution >= 0.6 is 0 Å². The Bertz CT molecular complexity index is 755. The average Bonchev–Trinajstić information content (AvgIpc) is 2.49. The van der Waals surface area contributed by atoms with E-state index in [1.54, 1.807) is 34.9 Å². The first-order valence-electron chi connectivity index (χ1n) is 7.10. The molecule has 1 fully saturated rings. The highest BCUT2D eigenvalue weighted by molar-refractivity contribution is 7.89. The molecule has 1 aliphatic heterocycles. The summed E-state index contributed by atoms with van der Waals surface area (Å²) in [5, 5.41) is 4.88. The molecule has 0 amide bonds.